The molecule has 0 aliphatic rings. The van der Waals surface area contributed by atoms with Crippen molar-refractivity contribution in [1.29, 1.82) is 0 Å². The van der Waals surface area contributed by atoms with Crippen LogP contribution in [-0.2, 0) is 9.53 Å². The Morgan fingerprint density at radius 1 is 1.25 bits per heavy atom. The van der Waals surface area contributed by atoms with Crippen LogP contribution in [0.15, 0.2) is 0 Å². The molecule has 0 fully saturated rings. The van der Waals surface area contributed by atoms with Crippen LogP contribution in [-0.4, -0.2) is 43.7 Å². The monoisotopic (exact) mass is 286 g/mol. The molecule has 0 radical (unpaired) electrons. The van der Waals surface area contributed by atoms with Crippen LogP contribution in [0.5, 0.6) is 0 Å². The average molecular weight is 286 g/mol. The maximum absolute atomic E-state index is 12.4. The molecule has 0 bridgehead atoms. The van der Waals surface area contributed by atoms with Gasteiger partial charge >= 0.3 is 0 Å². The molecular formula is C16H34N2O2. The second kappa shape index (κ2) is 9.35. The molecule has 0 aromatic carbocycles. The molecule has 0 rings (SSSR count). The SMILES string of the molecule is COCCN(C(=O)CCC(CCN)C(C)(C)C)C(C)C. The van der Waals surface area contributed by atoms with E-state index in [0.717, 1.165) is 12.8 Å². The summed E-state index contributed by atoms with van der Waals surface area (Å²) in [5.74, 6) is 0.719. The van der Waals surface area contributed by atoms with Crippen LogP contribution >= 0.6 is 0 Å². The van der Waals surface area contributed by atoms with E-state index in [-0.39, 0.29) is 17.4 Å². The van der Waals surface area contributed by atoms with E-state index in [1.54, 1.807) is 7.11 Å². The molecule has 2 N–H and O–H groups in total. The molecule has 0 aromatic heterocycles. The van der Waals surface area contributed by atoms with Crippen molar-refractivity contribution in [3.05, 3.63) is 0 Å². The Labute approximate surface area is 125 Å². The first-order chi connectivity index (χ1) is 9.23. The summed E-state index contributed by atoms with van der Waals surface area (Å²) in [6.45, 7) is 12.7. The predicted octanol–water partition coefficient (Wildman–Crippen LogP) is 2.66. The van der Waals surface area contributed by atoms with Gasteiger partial charge in [-0.15, -0.1) is 0 Å². The van der Waals surface area contributed by atoms with E-state index in [4.69, 9.17) is 10.5 Å². The molecule has 0 aromatic rings. The number of carbonyl (C=O) groups is 1. The highest BCUT2D eigenvalue weighted by molar-refractivity contribution is 5.76. The average Bonchev–Trinajstić information content (AvgIpc) is 2.33. The van der Waals surface area contributed by atoms with Crippen molar-refractivity contribution in [3.63, 3.8) is 0 Å². The lowest BCUT2D eigenvalue weighted by Gasteiger charge is -2.32. The molecule has 20 heavy (non-hydrogen) atoms. The highest BCUT2D eigenvalue weighted by Crippen LogP contribution is 2.32. The molecule has 4 heteroatoms. The van der Waals surface area contributed by atoms with Crippen LogP contribution in [0, 0.1) is 11.3 Å². The fraction of sp³-hybridized carbons (Fsp3) is 0.938. The van der Waals surface area contributed by atoms with E-state index in [1.165, 1.54) is 0 Å². The summed E-state index contributed by atoms with van der Waals surface area (Å²) in [4.78, 5) is 14.3. The van der Waals surface area contributed by atoms with Crippen molar-refractivity contribution >= 4 is 5.91 Å². The smallest absolute Gasteiger partial charge is 0.222 e. The van der Waals surface area contributed by atoms with E-state index in [2.05, 4.69) is 34.6 Å². The maximum Gasteiger partial charge on any atom is 0.222 e. The topological polar surface area (TPSA) is 55.6 Å². The fourth-order valence-electron chi connectivity index (χ4n) is 2.51. The van der Waals surface area contributed by atoms with E-state index < -0.39 is 0 Å². The standard InChI is InChI=1S/C16H34N2O2/c1-13(2)18(11-12-20-6)15(19)8-7-14(9-10-17)16(3,4)5/h13-14H,7-12,17H2,1-6H3. The summed E-state index contributed by atoms with van der Waals surface area (Å²) in [6.07, 6.45) is 2.50. The minimum atomic E-state index is 0.203. The van der Waals surface area contributed by atoms with E-state index in [0.29, 0.717) is 32.0 Å². The Balaban J connectivity index is 4.47. The van der Waals surface area contributed by atoms with Gasteiger partial charge in [-0.05, 0) is 44.6 Å². The number of rotatable bonds is 9. The molecule has 0 saturated heterocycles. The quantitative estimate of drug-likeness (QED) is 0.709. The van der Waals surface area contributed by atoms with Crippen LogP contribution < -0.4 is 5.73 Å². The highest BCUT2D eigenvalue weighted by Gasteiger charge is 2.25. The number of hydrogen-bond acceptors (Lipinski definition) is 3. The molecule has 1 atom stereocenters. The molecule has 4 nitrogen and oxygen atoms in total. The van der Waals surface area contributed by atoms with Crippen molar-refractivity contribution in [2.75, 3.05) is 26.8 Å². The molecule has 0 aliphatic carbocycles. The van der Waals surface area contributed by atoms with Crippen LogP contribution in [0.1, 0.15) is 53.9 Å². The van der Waals surface area contributed by atoms with Gasteiger partial charge in [0.1, 0.15) is 0 Å². The molecule has 0 saturated carbocycles. The Kier molecular flexibility index (Phi) is 9.06. The van der Waals surface area contributed by atoms with Crippen molar-refractivity contribution in [2.24, 2.45) is 17.1 Å². The maximum atomic E-state index is 12.4. The van der Waals surface area contributed by atoms with E-state index >= 15 is 0 Å². The zero-order valence-electron chi connectivity index (χ0n) is 14.2. The molecular weight excluding hydrogens is 252 g/mol. The Morgan fingerprint density at radius 2 is 1.85 bits per heavy atom. The number of hydrogen-bond donors (Lipinski definition) is 1. The van der Waals surface area contributed by atoms with Crippen LogP contribution in [0.2, 0.25) is 0 Å². The Bertz CT molecular complexity index is 272. The van der Waals surface area contributed by atoms with Crippen molar-refractivity contribution < 1.29 is 9.53 Å². The first-order valence-corrected chi connectivity index (χ1v) is 7.72. The lowest BCUT2D eigenvalue weighted by Crippen LogP contribution is -2.39. The number of amides is 1. The van der Waals surface area contributed by atoms with Crippen LogP contribution in [0.25, 0.3) is 0 Å². The zero-order valence-corrected chi connectivity index (χ0v) is 14.2. The van der Waals surface area contributed by atoms with E-state index in [9.17, 15) is 4.79 Å². The second-order valence-electron chi connectivity index (χ2n) is 6.85. The van der Waals surface area contributed by atoms with Gasteiger partial charge in [0.25, 0.3) is 0 Å². The van der Waals surface area contributed by atoms with Gasteiger partial charge in [-0.2, -0.15) is 0 Å². The summed E-state index contributed by atoms with van der Waals surface area (Å²) in [6, 6.07) is 0.222. The summed E-state index contributed by atoms with van der Waals surface area (Å²) < 4.78 is 5.08. The lowest BCUT2D eigenvalue weighted by molar-refractivity contribution is -0.134. The molecule has 0 spiro atoms. The number of nitrogens with zero attached hydrogens (tertiary/aromatic N) is 1. The second-order valence-corrected chi connectivity index (χ2v) is 6.85. The molecule has 0 heterocycles. The van der Waals surface area contributed by atoms with Gasteiger partial charge in [-0.1, -0.05) is 20.8 Å². The summed E-state index contributed by atoms with van der Waals surface area (Å²) in [7, 11) is 1.67. The van der Waals surface area contributed by atoms with Gasteiger partial charge in [0.15, 0.2) is 0 Å². The Morgan fingerprint density at radius 3 is 2.25 bits per heavy atom. The van der Waals surface area contributed by atoms with Crippen molar-refractivity contribution in [1.82, 2.24) is 4.90 Å². The number of nitrogens with two attached hydrogens (primary N) is 1. The molecule has 1 unspecified atom stereocenters. The minimum absolute atomic E-state index is 0.203. The van der Waals surface area contributed by atoms with Gasteiger partial charge in [0.05, 0.1) is 6.61 Å². The van der Waals surface area contributed by atoms with Gasteiger partial charge in [0, 0.05) is 26.1 Å². The predicted molar refractivity (Wildman–Crippen MR) is 84.6 cm³/mol. The van der Waals surface area contributed by atoms with Crippen molar-refractivity contribution in [2.45, 2.75) is 59.9 Å². The van der Waals surface area contributed by atoms with Gasteiger partial charge in [-0.3, -0.25) is 4.79 Å². The minimum Gasteiger partial charge on any atom is -0.383 e. The van der Waals surface area contributed by atoms with Crippen LogP contribution in [0.3, 0.4) is 0 Å². The summed E-state index contributed by atoms with van der Waals surface area (Å²) in [5.41, 5.74) is 5.90. The summed E-state index contributed by atoms with van der Waals surface area (Å²) >= 11 is 0. The Hall–Kier alpha value is -0.610. The zero-order chi connectivity index (χ0) is 15.8. The van der Waals surface area contributed by atoms with Gasteiger partial charge < -0.3 is 15.4 Å². The van der Waals surface area contributed by atoms with Gasteiger partial charge in [0.2, 0.25) is 5.91 Å². The van der Waals surface area contributed by atoms with E-state index in [1.807, 2.05) is 4.90 Å². The normalized spacial score (nSPS) is 13.6. The third-order valence-electron chi connectivity index (χ3n) is 3.93. The molecule has 0 aliphatic heterocycles. The number of methoxy groups -OCH3 is 1. The highest BCUT2D eigenvalue weighted by atomic mass is 16.5. The first-order valence-electron chi connectivity index (χ1n) is 7.72. The first kappa shape index (κ1) is 19.4. The summed E-state index contributed by atoms with van der Waals surface area (Å²) in [5, 5.41) is 0. The largest absolute Gasteiger partial charge is 0.383 e. The van der Waals surface area contributed by atoms with Crippen molar-refractivity contribution in [3.8, 4) is 0 Å². The van der Waals surface area contributed by atoms with Gasteiger partial charge in [-0.25, -0.2) is 0 Å². The third kappa shape index (κ3) is 7.25. The number of carbonyl (C=O) groups excluding carboxylic acids is 1. The lowest BCUT2D eigenvalue weighted by atomic mass is 9.76. The molecule has 120 valence electrons. The number of ether oxygens (including phenoxy) is 1. The molecule has 1 amide bonds. The third-order valence-corrected chi connectivity index (χ3v) is 3.93. The van der Waals surface area contributed by atoms with Crippen LogP contribution in [0.4, 0.5) is 0 Å². The fourth-order valence-corrected chi connectivity index (χ4v) is 2.51.